The molecule has 26 heavy (non-hydrogen) atoms. The Kier molecular flexibility index (Phi) is 4.78. The predicted octanol–water partition coefficient (Wildman–Crippen LogP) is 4.89. The largest absolute Gasteiger partial charge is 0.339 e. The van der Waals surface area contributed by atoms with Crippen molar-refractivity contribution in [2.45, 2.75) is 19.8 Å². The smallest absolute Gasteiger partial charge is 0.303 e. The Morgan fingerprint density at radius 2 is 1.85 bits per heavy atom. The summed E-state index contributed by atoms with van der Waals surface area (Å²) in [5.74, 6) is -4.09. The maximum Gasteiger partial charge on any atom is 0.303 e. The molecule has 3 rings (SSSR count). The molecule has 0 aliphatic rings. The van der Waals surface area contributed by atoms with Crippen LogP contribution < -0.4 is 5.32 Å². The maximum absolute atomic E-state index is 13.6. The van der Waals surface area contributed by atoms with Gasteiger partial charge in [-0.25, -0.2) is 19.3 Å². The number of alkyl halides is 2. The molecule has 0 saturated heterocycles. The molecule has 0 fully saturated rings. The van der Waals surface area contributed by atoms with Gasteiger partial charge in [-0.15, -0.1) is 0 Å². The number of nitrogens with one attached hydrogen (secondary N) is 1. The Labute approximate surface area is 152 Å². The first-order chi connectivity index (χ1) is 12.2. The molecule has 0 bridgehead atoms. The third-order valence-corrected chi connectivity index (χ3v) is 3.59. The van der Waals surface area contributed by atoms with E-state index >= 15 is 0 Å². The first-order valence-corrected chi connectivity index (χ1v) is 7.88. The molecule has 0 aliphatic heterocycles. The Morgan fingerprint density at radius 1 is 1.08 bits per heavy atom. The molecule has 5 nitrogen and oxygen atoms in total. The third kappa shape index (κ3) is 4.08. The second kappa shape index (κ2) is 6.87. The summed E-state index contributed by atoms with van der Waals surface area (Å²) in [6.07, 6.45) is 2.52. The Bertz CT molecular complexity index is 942. The van der Waals surface area contributed by atoms with Crippen LogP contribution in [0.2, 0.25) is 5.15 Å². The van der Waals surface area contributed by atoms with Gasteiger partial charge in [-0.2, -0.15) is 8.78 Å². The van der Waals surface area contributed by atoms with Crippen molar-refractivity contribution < 1.29 is 13.2 Å². The van der Waals surface area contributed by atoms with Crippen LogP contribution in [0.1, 0.15) is 18.4 Å². The van der Waals surface area contributed by atoms with E-state index in [9.17, 15) is 13.2 Å². The number of halogens is 4. The van der Waals surface area contributed by atoms with E-state index < -0.39 is 17.6 Å². The summed E-state index contributed by atoms with van der Waals surface area (Å²) in [4.78, 5) is 15.6. The molecule has 134 valence electrons. The molecule has 0 atom stereocenters. The first-order valence-electron chi connectivity index (χ1n) is 7.51. The van der Waals surface area contributed by atoms with Gasteiger partial charge in [0.1, 0.15) is 16.8 Å². The molecule has 0 amide bonds. The molecule has 3 heterocycles. The van der Waals surface area contributed by atoms with Crippen LogP contribution in [0.3, 0.4) is 0 Å². The second-order valence-corrected chi connectivity index (χ2v) is 6.03. The zero-order chi connectivity index (χ0) is 18.9. The van der Waals surface area contributed by atoms with Gasteiger partial charge in [0.15, 0.2) is 0 Å². The van der Waals surface area contributed by atoms with E-state index in [1.54, 1.807) is 6.92 Å². The zero-order valence-electron chi connectivity index (χ0n) is 13.8. The van der Waals surface area contributed by atoms with Crippen LogP contribution in [-0.4, -0.2) is 19.9 Å². The molecule has 3 aromatic heterocycles. The molecule has 0 radical (unpaired) electrons. The number of hydrogen-bond donors (Lipinski definition) is 1. The van der Waals surface area contributed by atoms with Crippen molar-refractivity contribution in [2.24, 2.45) is 0 Å². The van der Waals surface area contributed by atoms with Gasteiger partial charge >= 0.3 is 5.92 Å². The standard InChI is InChI=1S/C17H13ClF3N5/c1-9-5-15(26-16(24-9)17(2,20)21)25-13-6-14(18)23-8-11(13)12-4-3-10(19)7-22-12/h3-8H,1-2H3,(H,23,24,25,26). The van der Waals surface area contributed by atoms with E-state index in [2.05, 4.69) is 25.3 Å². The van der Waals surface area contributed by atoms with Crippen molar-refractivity contribution in [3.05, 3.63) is 59.1 Å². The monoisotopic (exact) mass is 379 g/mol. The predicted molar refractivity (Wildman–Crippen MR) is 92.1 cm³/mol. The van der Waals surface area contributed by atoms with Crippen LogP contribution in [0, 0.1) is 12.7 Å². The molecule has 0 aromatic carbocycles. The first kappa shape index (κ1) is 18.1. The quantitative estimate of drug-likeness (QED) is 0.654. The molecule has 0 saturated carbocycles. The highest BCUT2D eigenvalue weighted by molar-refractivity contribution is 6.29. The van der Waals surface area contributed by atoms with Crippen molar-refractivity contribution in [2.75, 3.05) is 5.32 Å². The highest BCUT2D eigenvalue weighted by Gasteiger charge is 2.29. The van der Waals surface area contributed by atoms with E-state index in [1.807, 2.05) is 0 Å². The minimum atomic E-state index is -3.18. The number of rotatable bonds is 4. The second-order valence-electron chi connectivity index (χ2n) is 5.65. The highest BCUT2D eigenvalue weighted by Crippen LogP contribution is 2.31. The van der Waals surface area contributed by atoms with E-state index in [-0.39, 0.29) is 11.0 Å². The minimum Gasteiger partial charge on any atom is -0.339 e. The lowest BCUT2D eigenvalue weighted by molar-refractivity contribution is 0.00766. The number of pyridine rings is 2. The zero-order valence-corrected chi connectivity index (χ0v) is 14.5. The van der Waals surface area contributed by atoms with Crippen molar-refractivity contribution >= 4 is 23.1 Å². The van der Waals surface area contributed by atoms with Gasteiger partial charge in [-0.3, -0.25) is 4.98 Å². The van der Waals surface area contributed by atoms with Gasteiger partial charge in [-0.1, -0.05) is 11.6 Å². The lowest BCUT2D eigenvalue weighted by Gasteiger charge is -2.14. The summed E-state index contributed by atoms with van der Waals surface area (Å²) in [5.41, 5.74) is 1.76. The lowest BCUT2D eigenvalue weighted by atomic mass is 10.1. The summed E-state index contributed by atoms with van der Waals surface area (Å²) in [7, 11) is 0. The van der Waals surface area contributed by atoms with Crippen LogP contribution in [-0.2, 0) is 5.92 Å². The number of aryl methyl sites for hydroxylation is 1. The molecular formula is C17H13ClF3N5. The van der Waals surface area contributed by atoms with Crippen molar-refractivity contribution in [3.8, 4) is 11.3 Å². The van der Waals surface area contributed by atoms with E-state index in [0.717, 1.165) is 13.1 Å². The van der Waals surface area contributed by atoms with Gasteiger partial charge in [0, 0.05) is 30.4 Å². The summed E-state index contributed by atoms with van der Waals surface area (Å²) in [6, 6.07) is 5.75. The van der Waals surface area contributed by atoms with Gasteiger partial charge < -0.3 is 5.32 Å². The fraction of sp³-hybridized carbons (Fsp3) is 0.176. The number of hydrogen-bond acceptors (Lipinski definition) is 5. The number of nitrogens with zero attached hydrogens (tertiary/aromatic N) is 4. The summed E-state index contributed by atoms with van der Waals surface area (Å²) in [6.45, 7) is 2.31. The Balaban J connectivity index is 2.04. The normalized spacial score (nSPS) is 11.5. The lowest BCUT2D eigenvalue weighted by Crippen LogP contribution is -2.14. The molecule has 1 N–H and O–H groups in total. The highest BCUT2D eigenvalue weighted by atomic mass is 35.5. The summed E-state index contributed by atoms with van der Waals surface area (Å²) < 4.78 is 40.3. The van der Waals surface area contributed by atoms with Gasteiger partial charge in [-0.05, 0) is 25.1 Å². The maximum atomic E-state index is 13.6. The summed E-state index contributed by atoms with van der Waals surface area (Å²) >= 11 is 5.95. The third-order valence-electron chi connectivity index (χ3n) is 3.38. The van der Waals surface area contributed by atoms with Gasteiger partial charge in [0.25, 0.3) is 0 Å². The fourth-order valence-electron chi connectivity index (χ4n) is 2.24. The fourth-order valence-corrected chi connectivity index (χ4v) is 2.40. The molecule has 0 aliphatic carbocycles. The van der Waals surface area contributed by atoms with Crippen molar-refractivity contribution in [1.29, 1.82) is 0 Å². The topological polar surface area (TPSA) is 63.6 Å². The average molecular weight is 380 g/mol. The Hall–Kier alpha value is -2.74. The van der Waals surface area contributed by atoms with Gasteiger partial charge in [0.05, 0.1) is 17.6 Å². The molecule has 0 unspecified atom stereocenters. The minimum absolute atomic E-state index is 0.166. The van der Waals surface area contributed by atoms with Gasteiger partial charge in [0.2, 0.25) is 5.82 Å². The Morgan fingerprint density at radius 3 is 2.50 bits per heavy atom. The molecular weight excluding hydrogens is 367 g/mol. The molecule has 0 spiro atoms. The van der Waals surface area contributed by atoms with Crippen LogP contribution in [0.4, 0.5) is 24.7 Å². The average Bonchev–Trinajstić information content (AvgIpc) is 2.55. The van der Waals surface area contributed by atoms with Crippen LogP contribution in [0.25, 0.3) is 11.3 Å². The van der Waals surface area contributed by atoms with E-state index in [0.29, 0.717) is 22.6 Å². The van der Waals surface area contributed by atoms with E-state index in [1.165, 1.54) is 30.5 Å². The SMILES string of the molecule is Cc1cc(Nc2cc(Cl)ncc2-c2ccc(F)cn2)nc(C(C)(F)F)n1. The van der Waals surface area contributed by atoms with Crippen LogP contribution >= 0.6 is 11.6 Å². The van der Waals surface area contributed by atoms with Crippen molar-refractivity contribution in [3.63, 3.8) is 0 Å². The molecule has 9 heteroatoms. The number of anilines is 2. The molecule has 3 aromatic rings. The summed E-state index contributed by atoms with van der Waals surface area (Å²) in [5, 5.41) is 3.12. The van der Waals surface area contributed by atoms with Crippen LogP contribution in [0.5, 0.6) is 0 Å². The van der Waals surface area contributed by atoms with Crippen molar-refractivity contribution in [1.82, 2.24) is 19.9 Å². The number of aromatic nitrogens is 4. The van der Waals surface area contributed by atoms with E-state index in [4.69, 9.17) is 11.6 Å². The van der Waals surface area contributed by atoms with Crippen LogP contribution in [0.15, 0.2) is 36.7 Å².